The second-order valence-corrected chi connectivity index (χ2v) is 4.95. The monoisotopic (exact) mass is 264 g/mol. The molecule has 0 fully saturated rings. The van der Waals surface area contributed by atoms with Gasteiger partial charge >= 0.3 is 0 Å². The summed E-state index contributed by atoms with van der Waals surface area (Å²) >= 11 is 0. The highest BCUT2D eigenvalue weighted by atomic mass is 14.7. The van der Waals surface area contributed by atoms with Gasteiger partial charge in [-0.1, -0.05) is 59.7 Å². The van der Waals surface area contributed by atoms with Crippen LogP contribution in [0.25, 0.3) is 0 Å². The highest BCUT2D eigenvalue weighted by Crippen LogP contribution is 2.04. The van der Waals surface area contributed by atoms with E-state index in [9.17, 15) is 0 Å². The van der Waals surface area contributed by atoms with Crippen molar-refractivity contribution < 1.29 is 0 Å². The second kappa shape index (κ2) is 7.39. The van der Waals surface area contributed by atoms with Gasteiger partial charge in [0, 0.05) is 12.4 Å². The van der Waals surface area contributed by atoms with Gasteiger partial charge in [0.25, 0.3) is 0 Å². The minimum absolute atomic E-state index is 0.705. The zero-order valence-corrected chi connectivity index (χ0v) is 12.1. The molecule has 0 aromatic heterocycles. The zero-order chi connectivity index (χ0) is 14.2. The van der Waals surface area contributed by atoms with E-state index >= 15 is 0 Å². The average molecular weight is 264 g/mol. The topological polar surface area (TPSA) is 24.7 Å². The SMILES string of the molecule is Cc1ccc(CN=CC=NCc2ccc(C)cc2)cc1. The molecular formula is C18H20N2. The molecule has 2 heteroatoms. The standard InChI is InChI=1S/C18H20N2/c1-15-3-7-17(8-4-15)13-19-11-12-20-14-18-9-5-16(2)6-10-18/h3-12H,13-14H2,1-2H3. The lowest BCUT2D eigenvalue weighted by molar-refractivity contribution is 1.07. The highest BCUT2D eigenvalue weighted by Gasteiger charge is 1.89. The van der Waals surface area contributed by atoms with Crippen LogP contribution in [0.5, 0.6) is 0 Å². The number of hydrogen-bond acceptors (Lipinski definition) is 2. The Bertz CT molecular complexity index is 522. The van der Waals surface area contributed by atoms with Gasteiger partial charge < -0.3 is 0 Å². The predicted molar refractivity (Wildman–Crippen MR) is 86.8 cm³/mol. The molecule has 0 spiro atoms. The van der Waals surface area contributed by atoms with E-state index < -0.39 is 0 Å². The van der Waals surface area contributed by atoms with Gasteiger partial charge in [-0.25, -0.2) is 0 Å². The van der Waals surface area contributed by atoms with Crippen LogP contribution in [-0.2, 0) is 13.1 Å². The first-order valence-corrected chi connectivity index (χ1v) is 6.83. The molecule has 0 heterocycles. The van der Waals surface area contributed by atoms with E-state index in [0.717, 1.165) is 0 Å². The Kier molecular flexibility index (Phi) is 5.24. The third-order valence-corrected chi connectivity index (χ3v) is 3.07. The van der Waals surface area contributed by atoms with Crippen molar-refractivity contribution in [2.24, 2.45) is 9.98 Å². The predicted octanol–water partition coefficient (Wildman–Crippen LogP) is 4.15. The quantitative estimate of drug-likeness (QED) is 0.725. The molecule has 2 aromatic rings. The van der Waals surface area contributed by atoms with E-state index in [4.69, 9.17) is 0 Å². The molecule has 2 aromatic carbocycles. The van der Waals surface area contributed by atoms with Crippen LogP contribution in [0.2, 0.25) is 0 Å². The summed E-state index contributed by atoms with van der Waals surface area (Å²) in [5.74, 6) is 0. The Balaban J connectivity index is 1.76. The summed E-state index contributed by atoms with van der Waals surface area (Å²) in [6.07, 6.45) is 3.54. The molecular weight excluding hydrogens is 244 g/mol. The third kappa shape index (κ3) is 4.81. The normalized spacial score (nSPS) is 11.5. The highest BCUT2D eigenvalue weighted by molar-refractivity contribution is 6.15. The van der Waals surface area contributed by atoms with E-state index in [-0.39, 0.29) is 0 Å². The summed E-state index contributed by atoms with van der Waals surface area (Å²) in [6.45, 7) is 5.59. The molecule has 0 aliphatic heterocycles. The van der Waals surface area contributed by atoms with Crippen molar-refractivity contribution in [1.82, 2.24) is 0 Å². The van der Waals surface area contributed by atoms with Gasteiger partial charge in [-0.15, -0.1) is 0 Å². The Morgan fingerprint density at radius 2 is 1.00 bits per heavy atom. The summed E-state index contributed by atoms with van der Waals surface area (Å²) in [5, 5.41) is 0. The third-order valence-electron chi connectivity index (χ3n) is 3.07. The fraction of sp³-hybridized carbons (Fsp3) is 0.222. The molecule has 0 radical (unpaired) electrons. The Labute approximate surface area is 120 Å². The summed E-state index contributed by atoms with van der Waals surface area (Å²) in [5.41, 5.74) is 4.99. The van der Waals surface area contributed by atoms with E-state index in [0.29, 0.717) is 13.1 Å². The molecule has 0 saturated heterocycles. The van der Waals surface area contributed by atoms with E-state index in [1.807, 2.05) is 0 Å². The molecule has 0 atom stereocenters. The maximum absolute atomic E-state index is 4.34. The van der Waals surface area contributed by atoms with Gasteiger partial charge in [0.1, 0.15) is 0 Å². The van der Waals surface area contributed by atoms with Crippen LogP contribution in [0.15, 0.2) is 58.5 Å². The van der Waals surface area contributed by atoms with Crippen LogP contribution in [0.1, 0.15) is 22.3 Å². The molecule has 0 amide bonds. The number of aliphatic imine (C=N–C) groups is 2. The lowest BCUT2D eigenvalue weighted by atomic mass is 10.1. The summed E-state index contributed by atoms with van der Waals surface area (Å²) in [6, 6.07) is 16.9. The van der Waals surface area contributed by atoms with Crippen molar-refractivity contribution in [1.29, 1.82) is 0 Å². The number of benzene rings is 2. The molecule has 0 aliphatic rings. The molecule has 2 nitrogen and oxygen atoms in total. The first kappa shape index (κ1) is 14.2. The van der Waals surface area contributed by atoms with Crippen molar-refractivity contribution in [3.8, 4) is 0 Å². The molecule has 0 aliphatic carbocycles. The fourth-order valence-electron chi connectivity index (χ4n) is 1.80. The van der Waals surface area contributed by atoms with Crippen LogP contribution < -0.4 is 0 Å². The number of nitrogens with zero attached hydrogens (tertiary/aromatic N) is 2. The molecule has 0 unspecified atom stereocenters. The van der Waals surface area contributed by atoms with Gasteiger partial charge in [0.15, 0.2) is 0 Å². The van der Waals surface area contributed by atoms with Crippen molar-refractivity contribution in [3.63, 3.8) is 0 Å². The Morgan fingerprint density at radius 1 is 0.650 bits per heavy atom. The van der Waals surface area contributed by atoms with Crippen molar-refractivity contribution >= 4 is 12.4 Å². The van der Waals surface area contributed by atoms with Crippen LogP contribution in [0, 0.1) is 13.8 Å². The fourth-order valence-corrected chi connectivity index (χ4v) is 1.80. The lowest BCUT2D eigenvalue weighted by Crippen LogP contribution is -1.85. The Morgan fingerprint density at radius 3 is 1.35 bits per heavy atom. The van der Waals surface area contributed by atoms with Gasteiger partial charge in [-0.05, 0) is 25.0 Å². The van der Waals surface area contributed by atoms with Gasteiger partial charge in [-0.2, -0.15) is 0 Å². The maximum Gasteiger partial charge on any atom is 0.0640 e. The molecule has 20 heavy (non-hydrogen) atoms. The van der Waals surface area contributed by atoms with Crippen LogP contribution >= 0.6 is 0 Å². The molecule has 0 N–H and O–H groups in total. The maximum atomic E-state index is 4.34. The van der Waals surface area contributed by atoms with Crippen LogP contribution in [0.4, 0.5) is 0 Å². The number of hydrogen-bond donors (Lipinski definition) is 0. The minimum Gasteiger partial charge on any atom is -0.287 e. The van der Waals surface area contributed by atoms with Crippen molar-refractivity contribution in [3.05, 3.63) is 70.8 Å². The summed E-state index contributed by atoms with van der Waals surface area (Å²) < 4.78 is 0. The van der Waals surface area contributed by atoms with Gasteiger partial charge in [-0.3, -0.25) is 9.98 Å². The van der Waals surface area contributed by atoms with E-state index in [2.05, 4.69) is 72.4 Å². The summed E-state index contributed by atoms with van der Waals surface area (Å²) in [4.78, 5) is 8.68. The number of aryl methyl sites for hydroxylation is 2. The van der Waals surface area contributed by atoms with Crippen molar-refractivity contribution in [2.45, 2.75) is 26.9 Å². The Hall–Kier alpha value is -2.22. The average Bonchev–Trinajstić information content (AvgIpc) is 2.46. The number of rotatable bonds is 5. The minimum atomic E-state index is 0.705. The first-order chi connectivity index (χ1) is 9.74. The largest absolute Gasteiger partial charge is 0.287 e. The molecule has 102 valence electrons. The first-order valence-electron chi connectivity index (χ1n) is 6.83. The molecule has 0 bridgehead atoms. The second-order valence-electron chi connectivity index (χ2n) is 4.95. The smallest absolute Gasteiger partial charge is 0.0640 e. The summed E-state index contributed by atoms with van der Waals surface area (Å²) in [7, 11) is 0. The molecule has 0 saturated carbocycles. The van der Waals surface area contributed by atoms with E-state index in [1.54, 1.807) is 12.4 Å². The molecule has 2 rings (SSSR count). The van der Waals surface area contributed by atoms with Crippen LogP contribution in [-0.4, -0.2) is 12.4 Å². The van der Waals surface area contributed by atoms with E-state index in [1.165, 1.54) is 22.3 Å². The lowest BCUT2D eigenvalue weighted by Gasteiger charge is -1.97. The zero-order valence-electron chi connectivity index (χ0n) is 12.1. The van der Waals surface area contributed by atoms with Crippen molar-refractivity contribution in [2.75, 3.05) is 0 Å². The van der Waals surface area contributed by atoms with Crippen LogP contribution in [0.3, 0.4) is 0 Å². The van der Waals surface area contributed by atoms with Gasteiger partial charge in [0.05, 0.1) is 13.1 Å². The van der Waals surface area contributed by atoms with Gasteiger partial charge in [0.2, 0.25) is 0 Å².